The van der Waals surface area contributed by atoms with Crippen molar-refractivity contribution < 1.29 is 4.79 Å². The summed E-state index contributed by atoms with van der Waals surface area (Å²) in [4.78, 5) is 26.1. The summed E-state index contributed by atoms with van der Waals surface area (Å²) in [6.45, 7) is 3.96. The standard InChI is InChI=1S/C22H28N6OS/c1-14-11-15(2)24-22(23-14)30-13-20-27-18-12-17(9-10-19(18)28(20)3)26-21(29)25-16-7-5-4-6-8-16/h9-12,16H,4-8,13H2,1-3H3,(H2,25,26,29). The highest BCUT2D eigenvalue weighted by Gasteiger charge is 2.16. The Kier molecular flexibility index (Phi) is 6.22. The van der Waals surface area contributed by atoms with Crippen LogP contribution in [0.3, 0.4) is 0 Å². The fraction of sp³-hybridized carbons (Fsp3) is 0.455. The first-order chi connectivity index (χ1) is 14.5. The lowest BCUT2D eigenvalue weighted by atomic mass is 9.96. The van der Waals surface area contributed by atoms with Crippen LogP contribution >= 0.6 is 11.8 Å². The molecule has 1 aliphatic carbocycles. The number of rotatable bonds is 5. The quantitative estimate of drug-likeness (QED) is 0.457. The molecule has 1 aliphatic rings. The number of amides is 2. The summed E-state index contributed by atoms with van der Waals surface area (Å²) in [7, 11) is 2.01. The molecular formula is C22H28N6OS. The molecule has 0 bridgehead atoms. The topological polar surface area (TPSA) is 84.7 Å². The van der Waals surface area contributed by atoms with Gasteiger partial charge in [0, 0.05) is 30.2 Å². The number of benzene rings is 1. The van der Waals surface area contributed by atoms with Gasteiger partial charge in [-0.25, -0.2) is 19.7 Å². The Bertz CT molecular complexity index is 1040. The van der Waals surface area contributed by atoms with Gasteiger partial charge in [0.05, 0.1) is 16.8 Å². The Morgan fingerprint density at radius 3 is 2.57 bits per heavy atom. The lowest BCUT2D eigenvalue weighted by Crippen LogP contribution is -2.38. The first-order valence-corrected chi connectivity index (χ1v) is 11.4. The van der Waals surface area contributed by atoms with E-state index >= 15 is 0 Å². The molecule has 1 aromatic carbocycles. The van der Waals surface area contributed by atoms with Gasteiger partial charge >= 0.3 is 6.03 Å². The molecule has 3 aromatic rings. The number of anilines is 1. The van der Waals surface area contributed by atoms with Crippen molar-refractivity contribution in [2.24, 2.45) is 7.05 Å². The van der Waals surface area contributed by atoms with Gasteiger partial charge in [0.1, 0.15) is 5.82 Å². The van der Waals surface area contributed by atoms with E-state index in [1.54, 1.807) is 11.8 Å². The highest BCUT2D eigenvalue weighted by Crippen LogP contribution is 2.25. The Morgan fingerprint density at radius 1 is 1.10 bits per heavy atom. The number of carbonyl (C=O) groups is 1. The zero-order chi connectivity index (χ0) is 21.1. The number of hydrogen-bond donors (Lipinski definition) is 2. The molecule has 8 heteroatoms. The Balaban J connectivity index is 1.43. The van der Waals surface area contributed by atoms with Crippen LogP contribution in [0.25, 0.3) is 11.0 Å². The molecule has 30 heavy (non-hydrogen) atoms. The van der Waals surface area contributed by atoms with E-state index in [-0.39, 0.29) is 12.1 Å². The summed E-state index contributed by atoms with van der Waals surface area (Å²) in [5, 5.41) is 6.81. The van der Waals surface area contributed by atoms with E-state index in [1.165, 1.54) is 19.3 Å². The number of nitrogens with one attached hydrogen (secondary N) is 2. The smallest absolute Gasteiger partial charge is 0.319 e. The van der Waals surface area contributed by atoms with Gasteiger partial charge in [-0.2, -0.15) is 0 Å². The minimum Gasteiger partial charge on any atom is -0.335 e. The summed E-state index contributed by atoms with van der Waals surface area (Å²) >= 11 is 1.58. The van der Waals surface area contributed by atoms with Gasteiger partial charge in [0.15, 0.2) is 5.16 Å². The van der Waals surface area contributed by atoms with E-state index < -0.39 is 0 Å². The first kappa shape index (κ1) is 20.7. The molecule has 2 heterocycles. The van der Waals surface area contributed by atoms with Gasteiger partial charge in [0.2, 0.25) is 0 Å². The molecule has 7 nitrogen and oxygen atoms in total. The van der Waals surface area contributed by atoms with Crippen LogP contribution in [0.15, 0.2) is 29.4 Å². The van der Waals surface area contributed by atoms with E-state index in [4.69, 9.17) is 4.98 Å². The zero-order valence-electron chi connectivity index (χ0n) is 17.7. The summed E-state index contributed by atoms with van der Waals surface area (Å²) < 4.78 is 2.08. The average molecular weight is 425 g/mol. The Hall–Kier alpha value is -2.61. The van der Waals surface area contributed by atoms with E-state index in [0.717, 1.165) is 51.9 Å². The number of urea groups is 1. The van der Waals surface area contributed by atoms with Crippen molar-refractivity contribution in [2.75, 3.05) is 5.32 Å². The minimum absolute atomic E-state index is 0.139. The van der Waals surface area contributed by atoms with Crippen molar-refractivity contribution in [2.45, 2.75) is 62.9 Å². The number of hydrogen-bond acceptors (Lipinski definition) is 5. The molecule has 2 N–H and O–H groups in total. The van der Waals surface area contributed by atoms with E-state index in [1.807, 2.05) is 45.2 Å². The number of aromatic nitrogens is 4. The average Bonchev–Trinajstić information content (AvgIpc) is 3.01. The van der Waals surface area contributed by atoms with Crippen LogP contribution in [0.1, 0.15) is 49.3 Å². The van der Waals surface area contributed by atoms with Gasteiger partial charge < -0.3 is 15.2 Å². The largest absolute Gasteiger partial charge is 0.335 e. The molecule has 1 saturated carbocycles. The first-order valence-electron chi connectivity index (χ1n) is 10.5. The van der Waals surface area contributed by atoms with Crippen LogP contribution in [0.2, 0.25) is 0 Å². The highest BCUT2D eigenvalue weighted by atomic mass is 32.2. The Morgan fingerprint density at radius 2 is 1.83 bits per heavy atom. The number of thioether (sulfide) groups is 1. The molecule has 0 spiro atoms. The van der Waals surface area contributed by atoms with Crippen LogP contribution in [0, 0.1) is 13.8 Å². The third-order valence-electron chi connectivity index (χ3n) is 5.46. The molecule has 4 rings (SSSR count). The number of carbonyl (C=O) groups excluding carboxylic acids is 1. The van der Waals surface area contributed by atoms with Crippen LogP contribution < -0.4 is 10.6 Å². The lowest BCUT2D eigenvalue weighted by molar-refractivity contribution is 0.244. The number of fused-ring (bicyclic) bond motifs is 1. The summed E-state index contributed by atoms with van der Waals surface area (Å²) in [5.41, 5.74) is 4.59. The minimum atomic E-state index is -0.139. The maximum atomic E-state index is 12.3. The maximum Gasteiger partial charge on any atom is 0.319 e. The summed E-state index contributed by atoms with van der Waals surface area (Å²) in [5.74, 6) is 1.63. The number of nitrogens with zero attached hydrogens (tertiary/aromatic N) is 4. The summed E-state index contributed by atoms with van der Waals surface area (Å²) in [6.07, 6.45) is 5.79. The molecule has 2 aromatic heterocycles. The van der Waals surface area contributed by atoms with Crippen molar-refractivity contribution in [1.82, 2.24) is 24.8 Å². The lowest BCUT2D eigenvalue weighted by Gasteiger charge is -2.22. The number of aryl methyl sites for hydroxylation is 3. The van der Waals surface area contributed by atoms with E-state index in [2.05, 4.69) is 25.2 Å². The fourth-order valence-corrected chi connectivity index (χ4v) is 4.88. The highest BCUT2D eigenvalue weighted by molar-refractivity contribution is 7.98. The number of imidazole rings is 1. The fourth-order valence-electron chi connectivity index (χ4n) is 3.94. The van der Waals surface area contributed by atoms with Gasteiger partial charge in [-0.15, -0.1) is 0 Å². The molecular weight excluding hydrogens is 396 g/mol. The van der Waals surface area contributed by atoms with Crippen molar-refractivity contribution >= 4 is 34.5 Å². The van der Waals surface area contributed by atoms with Crippen LogP contribution in [0.4, 0.5) is 10.5 Å². The van der Waals surface area contributed by atoms with Gasteiger partial charge in [-0.05, 0) is 51.0 Å². The van der Waals surface area contributed by atoms with E-state index in [0.29, 0.717) is 5.75 Å². The molecule has 1 fully saturated rings. The molecule has 158 valence electrons. The predicted molar refractivity (Wildman–Crippen MR) is 121 cm³/mol. The second-order valence-electron chi connectivity index (χ2n) is 7.95. The molecule has 0 unspecified atom stereocenters. The Labute approximate surface area is 181 Å². The zero-order valence-corrected chi connectivity index (χ0v) is 18.6. The van der Waals surface area contributed by atoms with Crippen LogP contribution in [-0.2, 0) is 12.8 Å². The van der Waals surface area contributed by atoms with Gasteiger partial charge in [-0.1, -0.05) is 31.0 Å². The van der Waals surface area contributed by atoms with Crippen LogP contribution in [0.5, 0.6) is 0 Å². The SMILES string of the molecule is Cc1cc(C)nc(SCc2nc3cc(NC(=O)NC4CCCCC4)ccc3n2C)n1. The molecule has 2 amide bonds. The summed E-state index contributed by atoms with van der Waals surface area (Å²) in [6, 6.07) is 7.97. The molecule has 0 radical (unpaired) electrons. The van der Waals surface area contributed by atoms with Gasteiger partial charge in [0.25, 0.3) is 0 Å². The van der Waals surface area contributed by atoms with Crippen molar-refractivity contribution in [3.05, 3.63) is 41.5 Å². The molecule has 0 aliphatic heterocycles. The third kappa shape index (κ3) is 4.92. The third-order valence-corrected chi connectivity index (χ3v) is 6.31. The normalized spacial score (nSPS) is 14.8. The van der Waals surface area contributed by atoms with Crippen LogP contribution in [-0.4, -0.2) is 31.6 Å². The monoisotopic (exact) mass is 424 g/mol. The van der Waals surface area contributed by atoms with Gasteiger partial charge in [-0.3, -0.25) is 0 Å². The maximum absolute atomic E-state index is 12.3. The second-order valence-corrected chi connectivity index (χ2v) is 8.89. The van der Waals surface area contributed by atoms with Crippen molar-refractivity contribution in [3.8, 4) is 0 Å². The molecule has 0 saturated heterocycles. The van der Waals surface area contributed by atoms with E-state index in [9.17, 15) is 4.79 Å². The van der Waals surface area contributed by atoms with Crippen molar-refractivity contribution in [3.63, 3.8) is 0 Å². The van der Waals surface area contributed by atoms with Crippen molar-refractivity contribution in [1.29, 1.82) is 0 Å². The second kappa shape index (κ2) is 9.04. The molecule has 0 atom stereocenters. The predicted octanol–water partition coefficient (Wildman–Crippen LogP) is 4.73.